The molecule has 0 spiro atoms. The fraction of sp³-hybridized carbons (Fsp3) is 0.280. The van der Waals surface area contributed by atoms with E-state index in [-0.39, 0.29) is 24.8 Å². The van der Waals surface area contributed by atoms with Gasteiger partial charge in [0.25, 0.3) is 5.91 Å². The molecule has 1 atom stereocenters. The maximum absolute atomic E-state index is 13.0. The van der Waals surface area contributed by atoms with E-state index in [0.717, 1.165) is 5.56 Å². The molecule has 0 aromatic heterocycles. The average Bonchev–Trinajstić information content (AvgIpc) is 2.84. The third-order valence-electron chi connectivity index (χ3n) is 4.67. The fourth-order valence-corrected chi connectivity index (χ4v) is 2.83. The fourth-order valence-electron chi connectivity index (χ4n) is 2.83. The average molecular weight is 468 g/mol. The van der Waals surface area contributed by atoms with Crippen LogP contribution in [0.25, 0.3) is 6.08 Å². The number of rotatable bonds is 10. The number of amides is 3. The number of alkyl carbamates (subject to hydrolysis) is 1. The molecule has 0 fully saturated rings. The quantitative estimate of drug-likeness (QED) is 0.364. The molecular weight excluding hydrogens is 438 g/mol. The maximum atomic E-state index is 13.0. The van der Waals surface area contributed by atoms with Crippen LogP contribution in [0.15, 0.2) is 66.4 Å². The predicted octanol–water partition coefficient (Wildman–Crippen LogP) is 2.38. The third-order valence-corrected chi connectivity index (χ3v) is 4.67. The summed E-state index contributed by atoms with van der Waals surface area (Å²) in [5.41, 5.74) is 1.37. The summed E-state index contributed by atoms with van der Waals surface area (Å²) in [5, 5.41) is 7.50. The highest BCUT2D eigenvalue weighted by Crippen LogP contribution is 2.09. The minimum Gasteiger partial charge on any atom is -0.468 e. The van der Waals surface area contributed by atoms with E-state index >= 15 is 0 Å². The zero-order valence-electron chi connectivity index (χ0n) is 19.4. The van der Waals surface area contributed by atoms with Gasteiger partial charge in [0.05, 0.1) is 7.11 Å². The lowest BCUT2D eigenvalue weighted by Crippen LogP contribution is -2.51. The van der Waals surface area contributed by atoms with Gasteiger partial charge < -0.3 is 25.4 Å². The summed E-state index contributed by atoms with van der Waals surface area (Å²) in [5.74, 6) is -2.24. The number of methoxy groups -OCH3 is 1. The molecule has 9 nitrogen and oxygen atoms in total. The monoisotopic (exact) mass is 467 g/mol. The van der Waals surface area contributed by atoms with Gasteiger partial charge in [-0.15, -0.1) is 0 Å². The minimum atomic E-state index is -0.976. The standard InChI is InChI=1S/C25H29N3O6/c1-17(2)22(28-25(32)34-16-19-12-8-5-9-13-19)24(31)27-20(14-18-10-6-4-7-11-18)23(30)26-15-21(29)33-3/h4-14,17,22H,15-16H2,1-3H3,(H,26,30)(H,27,31)(H,28,32)/b20-14-. The summed E-state index contributed by atoms with van der Waals surface area (Å²) >= 11 is 0. The lowest BCUT2D eigenvalue weighted by Gasteiger charge is -2.22. The van der Waals surface area contributed by atoms with Crippen LogP contribution in [-0.2, 0) is 30.5 Å². The summed E-state index contributed by atoms with van der Waals surface area (Å²) in [6, 6.07) is 17.0. The van der Waals surface area contributed by atoms with Crippen molar-refractivity contribution in [2.75, 3.05) is 13.7 Å². The summed E-state index contributed by atoms with van der Waals surface area (Å²) in [4.78, 5) is 49.4. The van der Waals surface area contributed by atoms with E-state index in [9.17, 15) is 19.2 Å². The Bertz CT molecular complexity index is 1010. The molecule has 2 aromatic carbocycles. The van der Waals surface area contributed by atoms with Crippen LogP contribution in [0, 0.1) is 5.92 Å². The van der Waals surface area contributed by atoms with Crippen molar-refractivity contribution in [1.29, 1.82) is 0 Å². The first kappa shape index (κ1) is 26.1. The number of carbonyl (C=O) groups is 4. The van der Waals surface area contributed by atoms with E-state index < -0.39 is 29.9 Å². The first-order chi connectivity index (χ1) is 16.3. The van der Waals surface area contributed by atoms with Gasteiger partial charge in [-0.1, -0.05) is 74.5 Å². The van der Waals surface area contributed by atoms with Gasteiger partial charge in [-0.2, -0.15) is 0 Å². The van der Waals surface area contributed by atoms with E-state index in [1.165, 1.54) is 13.2 Å². The molecule has 0 bridgehead atoms. The number of esters is 1. The molecule has 0 radical (unpaired) electrons. The van der Waals surface area contributed by atoms with Crippen LogP contribution in [0.2, 0.25) is 0 Å². The Hall–Kier alpha value is -4.14. The van der Waals surface area contributed by atoms with Crippen molar-refractivity contribution in [2.45, 2.75) is 26.5 Å². The van der Waals surface area contributed by atoms with Crippen LogP contribution in [0.5, 0.6) is 0 Å². The molecular formula is C25H29N3O6. The summed E-state index contributed by atoms with van der Waals surface area (Å²) in [7, 11) is 1.20. The Morgan fingerprint density at radius 3 is 2.15 bits per heavy atom. The van der Waals surface area contributed by atoms with Gasteiger partial charge >= 0.3 is 12.1 Å². The van der Waals surface area contributed by atoms with E-state index in [0.29, 0.717) is 5.56 Å². The van der Waals surface area contributed by atoms with Crippen molar-refractivity contribution in [3.05, 3.63) is 77.5 Å². The van der Waals surface area contributed by atoms with Gasteiger partial charge in [0, 0.05) is 0 Å². The van der Waals surface area contributed by atoms with Crippen LogP contribution in [-0.4, -0.2) is 43.6 Å². The highest BCUT2D eigenvalue weighted by molar-refractivity contribution is 6.03. The number of benzene rings is 2. The normalized spacial score (nSPS) is 11.8. The molecule has 9 heteroatoms. The molecule has 0 aliphatic carbocycles. The van der Waals surface area contributed by atoms with E-state index in [1.807, 2.05) is 36.4 Å². The summed E-state index contributed by atoms with van der Waals surface area (Å²) in [6.45, 7) is 3.18. The molecule has 0 aliphatic heterocycles. The number of nitrogens with one attached hydrogen (secondary N) is 3. The van der Waals surface area contributed by atoms with Crippen molar-refractivity contribution in [1.82, 2.24) is 16.0 Å². The first-order valence-electron chi connectivity index (χ1n) is 10.7. The molecule has 2 aromatic rings. The lowest BCUT2D eigenvalue weighted by atomic mass is 10.0. The Labute approximate surface area is 198 Å². The second-order valence-electron chi connectivity index (χ2n) is 7.64. The largest absolute Gasteiger partial charge is 0.468 e. The van der Waals surface area contributed by atoms with Gasteiger partial charge in [0.15, 0.2) is 0 Å². The Morgan fingerprint density at radius 1 is 0.941 bits per heavy atom. The van der Waals surface area contributed by atoms with Gasteiger partial charge in [-0.25, -0.2) is 4.79 Å². The maximum Gasteiger partial charge on any atom is 0.408 e. The van der Waals surface area contributed by atoms with Crippen LogP contribution in [0.1, 0.15) is 25.0 Å². The topological polar surface area (TPSA) is 123 Å². The van der Waals surface area contributed by atoms with Crippen LogP contribution in [0.4, 0.5) is 4.79 Å². The van der Waals surface area contributed by atoms with E-state index in [2.05, 4.69) is 20.7 Å². The minimum absolute atomic E-state index is 0.0498. The lowest BCUT2D eigenvalue weighted by molar-refractivity contribution is -0.140. The van der Waals surface area contributed by atoms with Crippen molar-refractivity contribution < 1.29 is 28.7 Å². The summed E-state index contributed by atoms with van der Waals surface area (Å²) < 4.78 is 9.74. The van der Waals surface area contributed by atoms with Gasteiger partial charge in [0.1, 0.15) is 24.9 Å². The number of hydrogen-bond donors (Lipinski definition) is 3. The Morgan fingerprint density at radius 2 is 1.56 bits per heavy atom. The van der Waals surface area contributed by atoms with Crippen molar-refractivity contribution in [3.63, 3.8) is 0 Å². The molecule has 3 N–H and O–H groups in total. The zero-order valence-corrected chi connectivity index (χ0v) is 19.4. The molecule has 2 rings (SSSR count). The summed E-state index contributed by atoms with van der Waals surface area (Å²) in [6.07, 6.45) is 0.705. The SMILES string of the molecule is COC(=O)CNC(=O)/C(=C/c1ccccc1)NC(=O)C(NC(=O)OCc1ccccc1)C(C)C. The van der Waals surface area contributed by atoms with Crippen molar-refractivity contribution in [3.8, 4) is 0 Å². The second-order valence-corrected chi connectivity index (χ2v) is 7.64. The van der Waals surface area contributed by atoms with Gasteiger partial charge in [0.2, 0.25) is 5.91 Å². The molecule has 3 amide bonds. The Balaban J connectivity index is 2.11. The molecule has 34 heavy (non-hydrogen) atoms. The highest BCUT2D eigenvalue weighted by atomic mass is 16.5. The zero-order chi connectivity index (χ0) is 24.9. The van der Waals surface area contributed by atoms with Crippen LogP contribution < -0.4 is 16.0 Å². The molecule has 1 unspecified atom stereocenters. The van der Waals surface area contributed by atoms with E-state index in [4.69, 9.17) is 4.74 Å². The van der Waals surface area contributed by atoms with Crippen molar-refractivity contribution >= 4 is 30.0 Å². The molecule has 0 saturated carbocycles. The smallest absolute Gasteiger partial charge is 0.408 e. The predicted molar refractivity (Wildman–Crippen MR) is 126 cm³/mol. The van der Waals surface area contributed by atoms with E-state index in [1.54, 1.807) is 38.1 Å². The number of ether oxygens (including phenoxy) is 2. The molecule has 0 aliphatic rings. The van der Waals surface area contributed by atoms with Crippen LogP contribution >= 0.6 is 0 Å². The van der Waals surface area contributed by atoms with Crippen molar-refractivity contribution in [2.24, 2.45) is 5.92 Å². The highest BCUT2D eigenvalue weighted by Gasteiger charge is 2.27. The Kier molecular flexibility index (Phi) is 10.3. The molecule has 0 saturated heterocycles. The molecule has 0 heterocycles. The van der Waals surface area contributed by atoms with Gasteiger partial charge in [-0.3, -0.25) is 14.4 Å². The van der Waals surface area contributed by atoms with Gasteiger partial charge in [-0.05, 0) is 23.1 Å². The van der Waals surface area contributed by atoms with Crippen LogP contribution in [0.3, 0.4) is 0 Å². The number of hydrogen-bond acceptors (Lipinski definition) is 6. The second kappa shape index (κ2) is 13.4. The third kappa shape index (κ3) is 8.78. The first-order valence-corrected chi connectivity index (χ1v) is 10.7. The number of carbonyl (C=O) groups excluding carboxylic acids is 4. The molecule has 180 valence electrons.